The third kappa shape index (κ3) is 6.40. The summed E-state index contributed by atoms with van der Waals surface area (Å²) in [5.74, 6) is 0.570. The topological polar surface area (TPSA) is 87.7 Å². The second-order valence-electron chi connectivity index (χ2n) is 7.73. The third-order valence-corrected chi connectivity index (χ3v) is 5.34. The number of aryl methyl sites for hydroxylation is 1. The number of hydrogen-bond acceptors (Lipinski definition) is 4. The zero-order valence-corrected chi connectivity index (χ0v) is 16.6. The quantitative estimate of drug-likeness (QED) is 0.716. The molecule has 0 unspecified atom stereocenters. The van der Waals surface area contributed by atoms with Gasteiger partial charge in [-0.15, -0.1) is 10.2 Å². The number of carbonyl (C=O) groups is 1. The Morgan fingerprint density at radius 2 is 1.93 bits per heavy atom. The first kappa shape index (κ1) is 22.0. The summed E-state index contributed by atoms with van der Waals surface area (Å²) in [6.45, 7) is 0.663. The molecule has 9 heteroatoms. The Balaban J connectivity index is 1.52. The number of hydrogen-bond donors (Lipinski definition) is 2. The fourth-order valence-corrected chi connectivity index (χ4v) is 3.66. The van der Waals surface area contributed by atoms with Gasteiger partial charge >= 0.3 is 6.18 Å². The summed E-state index contributed by atoms with van der Waals surface area (Å²) < 4.78 is 38.4. The number of aromatic amines is 1. The van der Waals surface area contributed by atoms with E-state index in [1.54, 1.807) is 0 Å². The lowest BCUT2D eigenvalue weighted by atomic mass is 9.89. The minimum Gasteiger partial charge on any atom is -0.356 e. The Morgan fingerprint density at radius 3 is 2.63 bits per heavy atom. The summed E-state index contributed by atoms with van der Waals surface area (Å²) >= 11 is 0. The molecule has 162 valence electrons. The van der Waals surface area contributed by atoms with E-state index in [4.69, 9.17) is 0 Å². The SMILES string of the molecule is O=C(CCc1nnc(Cc2cccc(C(F)(F)F)c2)[nH]c1=O)NCC1CCCCC1. The predicted octanol–water partition coefficient (Wildman–Crippen LogP) is 3.40. The van der Waals surface area contributed by atoms with Crippen LogP contribution < -0.4 is 10.9 Å². The van der Waals surface area contributed by atoms with Gasteiger partial charge in [0.2, 0.25) is 5.91 Å². The van der Waals surface area contributed by atoms with E-state index in [0.717, 1.165) is 25.0 Å². The molecule has 0 saturated heterocycles. The molecular formula is C21H25F3N4O2. The Labute approximate surface area is 172 Å². The van der Waals surface area contributed by atoms with E-state index in [1.807, 2.05) is 0 Å². The van der Waals surface area contributed by atoms with Crippen LogP contribution in [0.2, 0.25) is 0 Å². The van der Waals surface area contributed by atoms with E-state index in [0.29, 0.717) is 18.0 Å². The highest BCUT2D eigenvalue weighted by Crippen LogP contribution is 2.29. The number of carbonyl (C=O) groups excluding carboxylic acids is 1. The minimum atomic E-state index is -4.43. The molecule has 0 bridgehead atoms. The van der Waals surface area contributed by atoms with E-state index in [2.05, 4.69) is 20.5 Å². The van der Waals surface area contributed by atoms with Crippen LogP contribution in [0.3, 0.4) is 0 Å². The minimum absolute atomic E-state index is 0.0221. The van der Waals surface area contributed by atoms with Gasteiger partial charge in [-0.2, -0.15) is 13.2 Å². The molecule has 0 atom stereocenters. The number of benzene rings is 1. The average Bonchev–Trinajstić information content (AvgIpc) is 2.72. The van der Waals surface area contributed by atoms with Crippen LogP contribution in [0.5, 0.6) is 0 Å². The number of rotatable bonds is 7. The van der Waals surface area contributed by atoms with Crippen molar-refractivity contribution < 1.29 is 18.0 Å². The van der Waals surface area contributed by atoms with Gasteiger partial charge < -0.3 is 10.3 Å². The van der Waals surface area contributed by atoms with Crippen molar-refractivity contribution in [1.82, 2.24) is 20.5 Å². The zero-order valence-electron chi connectivity index (χ0n) is 16.6. The van der Waals surface area contributed by atoms with E-state index in [9.17, 15) is 22.8 Å². The molecule has 1 aliphatic rings. The summed E-state index contributed by atoms with van der Waals surface area (Å²) in [5, 5.41) is 10.7. The average molecular weight is 422 g/mol. The van der Waals surface area contributed by atoms with Crippen molar-refractivity contribution in [3.63, 3.8) is 0 Å². The monoisotopic (exact) mass is 422 g/mol. The molecular weight excluding hydrogens is 397 g/mol. The lowest BCUT2D eigenvalue weighted by Gasteiger charge is -2.21. The number of nitrogens with one attached hydrogen (secondary N) is 2. The molecule has 1 aliphatic carbocycles. The third-order valence-electron chi connectivity index (χ3n) is 5.34. The van der Waals surface area contributed by atoms with Gasteiger partial charge in [-0.05, 0) is 30.4 Å². The molecule has 1 heterocycles. The molecule has 6 nitrogen and oxygen atoms in total. The Kier molecular flexibility index (Phi) is 7.23. The number of alkyl halides is 3. The maximum atomic E-state index is 12.8. The molecule has 1 amide bonds. The van der Waals surface area contributed by atoms with E-state index in [1.165, 1.54) is 31.4 Å². The van der Waals surface area contributed by atoms with Gasteiger partial charge in [0.15, 0.2) is 0 Å². The largest absolute Gasteiger partial charge is 0.416 e. The van der Waals surface area contributed by atoms with E-state index in [-0.39, 0.29) is 36.7 Å². The number of aromatic nitrogens is 3. The van der Waals surface area contributed by atoms with Crippen molar-refractivity contribution in [2.45, 2.75) is 57.5 Å². The second-order valence-corrected chi connectivity index (χ2v) is 7.73. The molecule has 0 spiro atoms. The lowest BCUT2D eigenvalue weighted by Crippen LogP contribution is -2.31. The van der Waals surface area contributed by atoms with Crippen LogP contribution in [0.1, 0.15) is 61.2 Å². The van der Waals surface area contributed by atoms with Crippen molar-refractivity contribution in [2.24, 2.45) is 5.92 Å². The van der Waals surface area contributed by atoms with Crippen molar-refractivity contribution in [2.75, 3.05) is 6.54 Å². The summed E-state index contributed by atoms with van der Waals surface area (Å²) in [5.41, 5.74) is -0.738. The van der Waals surface area contributed by atoms with E-state index >= 15 is 0 Å². The Morgan fingerprint density at radius 1 is 1.17 bits per heavy atom. The first-order chi connectivity index (χ1) is 14.3. The Hall–Kier alpha value is -2.71. The molecule has 3 rings (SSSR count). The first-order valence-corrected chi connectivity index (χ1v) is 10.2. The van der Waals surface area contributed by atoms with Gasteiger partial charge in [-0.25, -0.2) is 0 Å². The van der Waals surface area contributed by atoms with Crippen LogP contribution >= 0.6 is 0 Å². The molecule has 2 aromatic rings. The highest BCUT2D eigenvalue weighted by atomic mass is 19.4. The number of amides is 1. The highest BCUT2D eigenvalue weighted by molar-refractivity contribution is 5.76. The molecule has 2 N–H and O–H groups in total. The summed E-state index contributed by atoms with van der Waals surface area (Å²) in [6, 6.07) is 4.84. The zero-order chi connectivity index (χ0) is 21.6. The number of H-pyrrole nitrogens is 1. The summed E-state index contributed by atoms with van der Waals surface area (Å²) in [7, 11) is 0. The van der Waals surface area contributed by atoms with Crippen LogP contribution in [0.25, 0.3) is 0 Å². The molecule has 1 aromatic carbocycles. The number of halogens is 3. The molecule has 1 saturated carbocycles. The van der Waals surface area contributed by atoms with Gasteiger partial charge in [0, 0.05) is 25.8 Å². The molecule has 0 radical (unpaired) electrons. The van der Waals surface area contributed by atoms with Gasteiger partial charge in [0.1, 0.15) is 11.5 Å². The van der Waals surface area contributed by atoms with Crippen LogP contribution in [-0.2, 0) is 23.8 Å². The fraction of sp³-hybridized carbons (Fsp3) is 0.524. The maximum absolute atomic E-state index is 12.8. The summed E-state index contributed by atoms with van der Waals surface area (Å²) in [4.78, 5) is 26.8. The van der Waals surface area contributed by atoms with Crippen molar-refractivity contribution >= 4 is 5.91 Å². The Bertz CT molecular complexity index is 921. The lowest BCUT2D eigenvalue weighted by molar-refractivity contribution is -0.137. The van der Waals surface area contributed by atoms with Gasteiger partial charge in [0.25, 0.3) is 5.56 Å². The van der Waals surface area contributed by atoms with Crippen LogP contribution in [0.4, 0.5) is 13.2 Å². The van der Waals surface area contributed by atoms with Gasteiger partial charge in [-0.1, -0.05) is 37.5 Å². The molecule has 1 fully saturated rings. The maximum Gasteiger partial charge on any atom is 0.416 e. The normalized spacial score (nSPS) is 15.2. The smallest absolute Gasteiger partial charge is 0.356 e. The van der Waals surface area contributed by atoms with Gasteiger partial charge in [0.05, 0.1) is 5.56 Å². The molecule has 1 aromatic heterocycles. The van der Waals surface area contributed by atoms with E-state index < -0.39 is 17.3 Å². The second kappa shape index (κ2) is 9.86. The van der Waals surface area contributed by atoms with Crippen molar-refractivity contribution in [1.29, 1.82) is 0 Å². The van der Waals surface area contributed by atoms with Crippen molar-refractivity contribution in [3.05, 3.63) is 57.3 Å². The molecule has 0 aliphatic heterocycles. The number of nitrogens with zero attached hydrogens (tertiary/aromatic N) is 2. The van der Waals surface area contributed by atoms with Crippen LogP contribution in [0, 0.1) is 5.92 Å². The summed E-state index contributed by atoms with van der Waals surface area (Å²) in [6.07, 6.45) is 1.83. The fourth-order valence-electron chi connectivity index (χ4n) is 3.66. The predicted molar refractivity (Wildman–Crippen MR) is 105 cm³/mol. The standard InChI is InChI=1S/C21H25F3N4O2/c22-21(23,24)16-8-4-7-15(11-16)12-18-26-20(30)17(27-28-18)9-10-19(29)25-13-14-5-2-1-3-6-14/h4,7-8,11,14H,1-3,5-6,9-10,12-13H2,(H,25,29)(H,26,28,30). The van der Waals surface area contributed by atoms with Gasteiger partial charge in [-0.3, -0.25) is 9.59 Å². The molecule has 30 heavy (non-hydrogen) atoms. The first-order valence-electron chi connectivity index (χ1n) is 10.2. The van der Waals surface area contributed by atoms with Crippen LogP contribution in [0.15, 0.2) is 29.1 Å². The van der Waals surface area contributed by atoms with Crippen LogP contribution in [-0.4, -0.2) is 27.6 Å². The van der Waals surface area contributed by atoms with Crippen molar-refractivity contribution in [3.8, 4) is 0 Å². The highest BCUT2D eigenvalue weighted by Gasteiger charge is 2.30.